The predicted octanol–water partition coefficient (Wildman–Crippen LogP) is 3.60. The topological polar surface area (TPSA) is 37.4 Å². The van der Waals surface area contributed by atoms with Crippen molar-refractivity contribution < 1.29 is 8.42 Å². The molecule has 0 atom stereocenters. The number of nitrogens with zero attached hydrogens (tertiary/aromatic N) is 1. The molecule has 5 heteroatoms. The highest BCUT2D eigenvalue weighted by Gasteiger charge is 2.24. The molecule has 1 fully saturated rings. The van der Waals surface area contributed by atoms with Crippen LogP contribution >= 0.6 is 11.6 Å². The van der Waals surface area contributed by atoms with Crippen LogP contribution in [0.15, 0.2) is 23.1 Å². The van der Waals surface area contributed by atoms with Crippen molar-refractivity contribution in [3.8, 4) is 0 Å². The summed E-state index contributed by atoms with van der Waals surface area (Å²) in [6.07, 6.45) is 5.32. The van der Waals surface area contributed by atoms with E-state index < -0.39 is 10.0 Å². The molecule has 106 valence electrons. The average Bonchev–Trinajstić information content (AvgIpc) is 2.31. The Morgan fingerprint density at radius 1 is 1.05 bits per heavy atom. The van der Waals surface area contributed by atoms with Crippen molar-refractivity contribution in [2.24, 2.45) is 0 Å². The molecule has 0 radical (unpaired) electrons. The molecule has 0 aromatic heterocycles. The fourth-order valence-corrected chi connectivity index (χ4v) is 4.13. The number of hydrogen-bond donors (Lipinski definition) is 0. The molecule has 3 nitrogen and oxygen atoms in total. The van der Waals surface area contributed by atoms with Crippen molar-refractivity contribution in [1.29, 1.82) is 0 Å². The smallest absolute Gasteiger partial charge is 0.207 e. The van der Waals surface area contributed by atoms with E-state index in [4.69, 9.17) is 11.6 Å². The van der Waals surface area contributed by atoms with Crippen LogP contribution in [0.25, 0.3) is 0 Å². The quantitative estimate of drug-likeness (QED) is 0.837. The number of rotatable bonds is 2. The third-order valence-corrected chi connectivity index (χ3v) is 5.90. The van der Waals surface area contributed by atoms with E-state index >= 15 is 0 Å². The lowest BCUT2D eigenvalue weighted by Gasteiger charge is -2.24. The van der Waals surface area contributed by atoms with Crippen molar-refractivity contribution in [2.75, 3.05) is 13.1 Å². The van der Waals surface area contributed by atoms with Gasteiger partial charge in [0.2, 0.25) is 10.0 Å². The van der Waals surface area contributed by atoms with Gasteiger partial charge in [-0.15, -0.1) is 0 Å². The van der Waals surface area contributed by atoms with E-state index in [1.165, 1.54) is 6.42 Å². The SMILES string of the molecule is Cc1ccc(S(=O)(=O)N2CCCCCCC2)cc1Cl. The Balaban J connectivity index is 2.26. The zero-order valence-corrected chi connectivity index (χ0v) is 12.8. The minimum absolute atomic E-state index is 0.309. The molecular formula is C14H20ClNO2S. The van der Waals surface area contributed by atoms with Crippen molar-refractivity contribution in [2.45, 2.75) is 43.9 Å². The lowest BCUT2D eigenvalue weighted by molar-refractivity contribution is 0.364. The van der Waals surface area contributed by atoms with E-state index in [-0.39, 0.29) is 0 Å². The molecule has 1 aromatic carbocycles. The minimum Gasteiger partial charge on any atom is -0.207 e. The first kappa shape index (κ1) is 14.8. The Bertz CT molecular complexity index is 534. The lowest BCUT2D eigenvalue weighted by atomic mass is 10.1. The maximum absolute atomic E-state index is 12.6. The third-order valence-electron chi connectivity index (χ3n) is 3.60. The summed E-state index contributed by atoms with van der Waals surface area (Å²) in [6.45, 7) is 3.11. The zero-order valence-electron chi connectivity index (χ0n) is 11.2. The van der Waals surface area contributed by atoms with Gasteiger partial charge in [-0.05, 0) is 37.5 Å². The van der Waals surface area contributed by atoms with E-state index in [1.54, 1.807) is 22.5 Å². The second-order valence-corrected chi connectivity index (χ2v) is 7.43. The van der Waals surface area contributed by atoms with Gasteiger partial charge in [0, 0.05) is 18.1 Å². The van der Waals surface area contributed by atoms with Gasteiger partial charge in [-0.25, -0.2) is 8.42 Å². The van der Waals surface area contributed by atoms with Gasteiger partial charge in [0.1, 0.15) is 0 Å². The molecule has 1 heterocycles. The van der Waals surface area contributed by atoms with Crippen LogP contribution in [0.4, 0.5) is 0 Å². The highest BCUT2D eigenvalue weighted by atomic mass is 35.5. The van der Waals surface area contributed by atoms with Crippen LogP contribution in [0.1, 0.15) is 37.7 Å². The fraction of sp³-hybridized carbons (Fsp3) is 0.571. The summed E-state index contributed by atoms with van der Waals surface area (Å²) in [4.78, 5) is 0.309. The minimum atomic E-state index is -3.39. The molecule has 0 amide bonds. The Hall–Kier alpha value is -0.580. The van der Waals surface area contributed by atoms with E-state index in [2.05, 4.69) is 0 Å². The van der Waals surface area contributed by atoms with Crippen molar-refractivity contribution in [3.05, 3.63) is 28.8 Å². The van der Waals surface area contributed by atoms with Gasteiger partial charge in [-0.3, -0.25) is 0 Å². The molecule has 0 unspecified atom stereocenters. The molecule has 0 spiro atoms. The van der Waals surface area contributed by atoms with Crippen molar-refractivity contribution >= 4 is 21.6 Å². The third kappa shape index (κ3) is 3.50. The van der Waals surface area contributed by atoms with Crippen LogP contribution in [-0.4, -0.2) is 25.8 Å². The summed E-state index contributed by atoms with van der Waals surface area (Å²) in [5, 5.41) is 0.508. The van der Waals surface area contributed by atoms with Crippen molar-refractivity contribution in [1.82, 2.24) is 4.31 Å². The first-order valence-electron chi connectivity index (χ1n) is 6.78. The van der Waals surface area contributed by atoms with Crippen LogP contribution in [0.2, 0.25) is 5.02 Å². The zero-order chi connectivity index (χ0) is 13.9. The number of benzene rings is 1. The summed E-state index contributed by atoms with van der Waals surface area (Å²) >= 11 is 6.03. The van der Waals surface area contributed by atoms with E-state index in [0.29, 0.717) is 23.0 Å². The second kappa shape index (κ2) is 6.25. The molecule has 1 aliphatic heterocycles. The average molecular weight is 302 g/mol. The highest BCUT2D eigenvalue weighted by molar-refractivity contribution is 7.89. The Labute approximate surface area is 120 Å². The van der Waals surface area contributed by atoms with Crippen LogP contribution in [0.5, 0.6) is 0 Å². The first-order valence-corrected chi connectivity index (χ1v) is 8.60. The monoisotopic (exact) mass is 301 g/mol. The van der Waals surface area contributed by atoms with E-state index in [0.717, 1.165) is 31.2 Å². The summed E-state index contributed by atoms with van der Waals surface area (Å²) in [7, 11) is -3.39. The molecule has 1 aliphatic rings. The second-order valence-electron chi connectivity index (χ2n) is 5.08. The Kier molecular flexibility index (Phi) is 4.87. The molecule has 1 aromatic rings. The highest BCUT2D eigenvalue weighted by Crippen LogP contribution is 2.24. The molecule has 0 saturated carbocycles. The Morgan fingerprint density at radius 2 is 1.63 bits per heavy atom. The van der Waals surface area contributed by atoms with Gasteiger partial charge in [0.15, 0.2) is 0 Å². The van der Waals surface area contributed by atoms with Crippen LogP contribution < -0.4 is 0 Å². The van der Waals surface area contributed by atoms with Gasteiger partial charge in [0.25, 0.3) is 0 Å². The standard InChI is InChI=1S/C14H20ClNO2S/c1-12-7-8-13(11-14(12)15)19(17,18)16-9-5-3-2-4-6-10-16/h7-8,11H,2-6,9-10H2,1H3. The summed E-state index contributed by atoms with van der Waals surface area (Å²) in [5.74, 6) is 0. The number of halogens is 1. The number of aryl methyl sites for hydroxylation is 1. The molecule has 0 aliphatic carbocycles. The number of sulfonamides is 1. The molecule has 0 bridgehead atoms. The summed E-state index contributed by atoms with van der Waals surface area (Å²) < 4.78 is 26.8. The lowest BCUT2D eigenvalue weighted by Crippen LogP contribution is -2.33. The van der Waals surface area contributed by atoms with Gasteiger partial charge in [-0.1, -0.05) is 36.9 Å². The van der Waals surface area contributed by atoms with Crippen LogP contribution in [0.3, 0.4) is 0 Å². The van der Waals surface area contributed by atoms with Gasteiger partial charge >= 0.3 is 0 Å². The fourth-order valence-electron chi connectivity index (χ4n) is 2.34. The Morgan fingerprint density at radius 3 is 2.21 bits per heavy atom. The van der Waals surface area contributed by atoms with Gasteiger partial charge < -0.3 is 0 Å². The molecule has 2 rings (SSSR count). The molecular weight excluding hydrogens is 282 g/mol. The molecule has 19 heavy (non-hydrogen) atoms. The summed E-state index contributed by atoms with van der Waals surface area (Å²) in [6, 6.07) is 4.97. The van der Waals surface area contributed by atoms with Crippen LogP contribution in [0, 0.1) is 6.92 Å². The molecule has 1 saturated heterocycles. The maximum Gasteiger partial charge on any atom is 0.243 e. The van der Waals surface area contributed by atoms with E-state index in [9.17, 15) is 8.42 Å². The maximum atomic E-state index is 12.6. The van der Waals surface area contributed by atoms with Crippen LogP contribution in [-0.2, 0) is 10.0 Å². The van der Waals surface area contributed by atoms with Gasteiger partial charge in [0.05, 0.1) is 4.90 Å². The van der Waals surface area contributed by atoms with E-state index in [1.807, 2.05) is 6.92 Å². The number of hydrogen-bond acceptors (Lipinski definition) is 2. The normalized spacial score (nSPS) is 18.8. The predicted molar refractivity (Wildman–Crippen MR) is 78.0 cm³/mol. The van der Waals surface area contributed by atoms with Crippen molar-refractivity contribution in [3.63, 3.8) is 0 Å². The largest absolute Gasteiger partial charge is 0.243 e. The van der Waals surface area contributed by atoms with Gasteiger partial charge in [-0.2, -0.15) is 4.31 Å². The summed E-state index contributed by atoms with van der Waals surface area (Å²) in [5.41, 5.74) is 0.897. The first-order chi connectivity index (χ1) is 9.01. The molecule has 0 N–H and O–H groups in total.